The van der Waals surface area contributed by atoms with Crippen LogP contribution in [-0.2, 0) is 0 Å². The van der Waals surface area contributed by atoms with Gasteiger partial charge in [-0.1, -0.05) is 170 Å². The lowest BCUT2D eigenvalue weighted by Crippen LogP contribution is -2.00. The van der Waals surface area contributed by atoms with E-state index in [0.29, 0.717) is 5.82 Å². The minimum atomic E-state index is 0.711. The molecule has 0 N–H and O–H groups in total. The Morgan fingerprint density at radius 3 is 1.77 bits per heavy atom. The average Bonchev–Trinajstić information content (AvgIpc) is 3.85. The molecule has 13 aromatic rings. The molecule has 0 amide bonds. The van der Waals surface area contributed by atoms with E-state index in [1.165, 1.54) is 49.0 Å². The van der Waals surface area contributed by atoms with E-state index in [0.717, 1.165) is 66.4 Å². The van der Waals surface area contributed by atoms with Crippen LogP contribution in [0.3, 0.4) is 0 Å². The molecule has 0 aliphatic heterocycles. The van der Waals surface area contributed by atoms with Gasteiger partial charge in [-0.25, -0.2) is 9.97 Å². The number of nitrogens with zero attached hydrogens (tertiary/aromatic N) is 4. The van der Waals surface area contributed by atoms with E-state index in [4.69, 9.17) is 9.97 Å². The summed E-state index contributed by atoms with van der Waals surface area (Å²) in [6.45, 7) is 0. The molecule has 0 bridgehead atoms. The Labute approximate surface area is 357 Å². The Hall–Kier alpha value is -8.34. The van der Waals surface area contributed by atoms with Gasteiger partial charge in [-0.3, -0.25) is 0 Å². The fourth-order valence-corrected chi connectivity index (χ4v) is 9.98. The lowest BCUT2D eigenvalue weighted by atomic mass is 10.0. The van der Waals surface area contributed by atoms with Crippen molar-refractivity contribution in [3.8, 4) is 45.1 Å². The average molecular weight is 789 g/mol. The van der Waals surface area contributed by atoms with Crippen LogP contribution >= 0.6 is 0 Å². The number of benzene rings is 10. The highest BCUT2D eigenvalue weighted by Crippen LogP contribution is 2.44. The highest BCUT2D eigenvalue weighted by Gasteiger charge is 2.23. The normalized spacial score (nSPS) is 11.9. The van der Waals surface area contributed by atoms with Gasteiger partial charge in [-0.05, 0) is 70.3 Å². The van der Waals surface area contributed by atoms with Gasteiger partial charge in [-0.15, -0.1) is 0 Å². The van der Waals surface area contributed by atoms with Crippen LogP contribution in [0.25, 0.3) is 121 Å². The molecule has 0 unspecified atom stereocenters. The molecule has 0 saturated carbocycles. The number of hydrogen-bond donors (Lipinski definition) is 0. The zero-order valence-corrected chi connectivity index (χ0v) is 33.6. The molecule has 13 rings (SSSR count). The van der Waals surface area contributed by atoms with Crippen molar-refractivity contribution in [2.75, 3.05) is 0 Å². The molecule has 4 heteroatoms. The predicted octanol–water partition coefficient (Wildman–Crippen LogP) is 15.1. The van der Waals surface area contributed by atoms with Crippen LogP contribution in [0.2, 0.25) is 0 Å². The number of rotatable bonds is 5. The zero-order chi connectivity index (χ0) is 40.7. The third kappa shape index (κ3) is 5.14. The van der Waals surface area contributed by atoms with Gasteiger partial charge in [0.1, 0.15) is 0 Å². The standard InChI is InChI=1S/C58H36N4/c1-3-17-37(18-4-1)40-22-12-15-29-50(40)62-53-33-31-38-19-7-8-23-41(38)56(53)48-35-47-44-26-13-16-30-51(44)61(54(47)36-55(48)62)52-34-32-45(42-24-9-10-25-43(42)52)58-59-49-28-14-11-27-46(49)57(60-58)39-20-5-2-6-21-39/h1-36H. The molecule has 3 heterocycles. The molecule has 0 radical (unpaired) electrons. The molecular formula is C58H36N4. The summed E-state index contributed by atoms with van der Waals surface area (Å²) in [5.41, 5.74) is 13.2. The second kappa shape index (κ2) is 13.6. The summed E-state index contributed by atoms with van der Waals surface area (Å²) in [5.74, 6) is 0.711. The smallest absolute Gasteiger partial charge is 0.161 e. The van der Waals surface area contributed by atoms with Crippen molar-refractivity contribution in [1.29, 1.82) is 0 Å². The van der Waals surface area contributed by atoms with Crippen LogP contribution in [0.5, 0.6) is 0 Å². The first-order valence-electron chi connectivity index (χ1n) is 21.2. The molecule has 0 spiro atoms. The van der Waals surface area contributed by atoms with Crippen LogP contribution in [0.1, 0.15) is 0 Å². The second-order valence-corrected chi connectivity index (χ2v) is 16.1. The van der Waals surface area contributed by atoms with E-state index >= 15 is 0 Å². The molecule has 3 aromatic heterocycles. The summed E-state index contributed by atoms with van der Waals surface area (Å²) in [6, 6.07) is 78.6. The fraction of sp³-hybridized carbons (Fsp3) is 0. The van der Waals surface area contributed by atoms with Crippen molar-refractivity contribution in [3.05, 3.63) is 218 Å². The molecule has 0 saturated heterocycles. The van der Waals surface area contributed by atoms with E-state index in [2.05, 4.69) is 221 Å². The van der Waals surface area contributed by atoms with Crippen molar-refractivity contribution in [1.82, 2.24) is 19.1 Å². The molecule has 4 nitrogen and oxygen atoms in total. The minimum absolute atomic E-state index is 0.711. The van der Waals surface area contributed by atoms with Gasteiger partial charge < -0.3 is 9.13 Å². The summed E-state index contributed by atoms with van der Waals surface area (Å²) in [7, 11) is 0. The first-order valence-corrected chi connectivity index (χ1v) is 21.2. The summed E-state index contributed by atoms with van der Waals surface area (Å²) in [6.07, 6.45) is 0. The van der Waals surface area contributed by atoms with E-state index in [1.807, 2.05) is 6.07 Å². The molecule has 0 aliphatic rings. The number of fused-ring (bicyclic) bond motifs is 10. The highest BCUT2D eigenvalue weighted by atomic mass is 15.0. The highest BCUT2D eigenvalue weighted by molar-refractivity contribution is 6.25. The minimum Gasteiger partial charge on any atom is -0.309 e. The van der Waals surface area contributed by atoms with E-state index in [9.17, 15) is 0 Å². The third-order valence-corrected chi connectivity index (χ3v) is 12.7. The summed E-state index contributed by atoms with van der Waals surface area (Å²) in [5, 5.41) is 10.7. The quantitative estimate of drug-likeness (QED) is 0.174. The Kier molecular flexibility index (Phi) is 7.57. The topological polar surface area (TPSA) is 35.6 Å². The van der Waals surface area contributed by atoms with E-state index < -0.39 is 0 Å². The molecule has 0 atom stereocenters. The summed E-state index contributed by atoms with van der Waals surface area (Å²) >= 11 is 0. The second-order valence-electron chi connectivity index (χ2n) is 16.1. The molecule has 0 fully saturated rings. The number of aromatic nitrogens is 4. The maximum absolute atomic E-state index is 5.31. The molecule has 62 heavy (non-hydrogen) atoms. The fourth-order valence-electron chi connectivity index (χ4n) is 9.98. The van der Waals surface area contributed by atoms with Crippen molar-refractivity contribution in [3.63, 3.8) is 0 Å². The van der Waals surface area contributed by atoms with Gasteiger partial charge in [0, 0.05) is 49.0 Å². The van der Waals surface area contributed by atoms with Gasteiger partial charge in [-0.2, -0.15) is 0 Å². The number of para-hydroxylation sites is 3. The van der Waals surface area contributed by atoms with Crippen LogP contribution in [0.15, 0.2) is 218 Å². The summed E-state index contributed by atoms with van der Waals surface area (Å²) < 4.78 is 4.96. The lowest BCUT2D eigenvalue weighted by Gasteiger charge is -2.16. The van der Waals surface area contributed by atoms with Crippen LogP contribution in [0, 0.1) is 0 Å². The van der Waals surface area contributed by atoms with Crippen LogP contribution in [-0.4, -0.2) is 19.1 Å². The van der Waals surface area contributed by atoms with Crippen molar-refractivity contribution >= 4 is 76.1 Å². The van der Waals surface area contributed by atoms with E-state index in [-0.39, 0.29) is 0 Å². The van der Waals surface area contributed by atoms with Gasteiger partial charge >= 0.3 is 0 Å². The van der Waals surface area contributed by atoms with Crippen LogP contribution < -0.4 is 0 Å². The molecule has 10 aromatic carbocycles. The Bertz CT molecular complexity index is 3920. The molecular weight excluding hydrogens is 753 g/mol. The Balaban J connectivity index is 1.11. The maximum atomic E-state index is 5.31. The van der Waals surface area contributed by atoms with Gasteiger partial charge in [0.05, 0.1) is 44.7 Å². The van der Waals surface area contributed by atoms with Crippen LogP contribution in [0.4, 0.5) is 0 Å². The first-order chi connectivity index (χ1) is 30.8. The SMILES string of the molecule is c1ccc(-c2ccccc2-n2c3cc4c(cc3c3c5ccccc5ccc32)c2ccccc2n4-c2ccc(-c3nc(-c4ccccc4)c4ccccc4n3)c3ccccc23)cc1. The van der Waals surface area contributed by atoms with Gasteiger partial charge in [0.25, 0.3) is 0 Å². The zero-order valence-electron chi connectivity index (χ0n) is 33.6. The molecule has 0 aliphatic carbocycles. The predicted molar refractivity (Wildman–Crippen MR) is 260 cm³/mol. The Morgan fingerprint density at radius 1 is 0.306 bits per heavy atom. The van der Waals surface area contributed by atoms with Crippen molar-refractivity contribution in [2.45, 2.75) is 0 Å². The van der Waals surface area contributed by atoms with Crippen molar-refractivity contribution in [2.24, 2.45) is 0 Å². The Morgan fingerprint density at radius 2 is 0.935 bits per heavy atom. The number of hydrogen-bond acceptors (Lipinski definition) is 2. The first kappa shape index (κ1) is 34.5. The third-order valence-electron chi connectivity index (χ3n) is 12.7. The van der Waals surface area contributed by atoms with Gasteiger partial charge in [0.2, 0.25) is 0 Å². The maximum Gasteiger partial charge on any atom is 0.161 e. The largest absolute Gasteiger partial charge is 0.309 e. The monoisotopic (exact) mass is 788 g/mol. The van der Waals surface area contributed by atoms with Gasteiger partial charge in [0.15, 0.2) is 5.82 Å². The van der Waals surface area contributed by atoms with E-state index in [1.54, 1.807) is 0 Å². The lowest BCUT2D eigenvalue weighted by molar-refractivity contribution is 1.17. The summed E-state index contributed by atoms with van der Waals surface area (Å²) in [4.78, 5) is 10.5. The molecule has 288 valence electrons. The van der Waals surface area contributed by atoms with Crippen molar-refractivity contribution < 1.29 is 0 Å².